The van der Waals surface area contributed by atoms with Gasteiger partial charge in [0.1, 0.15) is 0 Å². The highest BCUT2D eigenvalue weighted by atomic mass is 16.5. The Morgan fingerprint density at radius 2 is 2.19 bits per heavy atom. The third-order valence-electron chi connectivity index (χ3n) is 2.88. The molecule has 0 unspecified atom stereocenters. The Kier molecular flexibility index (Phi) is 4.13. The molecule has 0 saturated carbocycles. The van der Waals surface area contributed by atoms with Crippen LogP contribution in [0.1, 0.15) is 5.69 Å². The zero-order valence-corrected chi connectivity index (χ0v) is 9.78. The molecule has 0 bridgehead atoms. The van der Waals surface area contributed by atoms with Crippen LogP contribution in [0.3, 0.4) is 0 Å². The van der Waals surface area contributed by atoms with Crippen molar-refractivity contribution in [1.29, 1.82) is 0 Å². The first-order valence-corrected chi connectivity index (χ1v) is 5.81. The summed E-state index contributed by atoms with van der Waals surface area (Å²) in [6.45, 7) is 5.58. The van der Waals surface area contributed by atoms with E-state index in [9.17, 15) is 0 Å². The van der Waals surface area contributed by atoms with Crippen molar-refractivity contribution in [2.75, 3.05) is 39.8 Å². The van der Waals surface area contributed by atoms with E-state index < -0.39 is 0 Å². The largest absolute Gasteiger partial charge is 0.481 e. The first kappa shape index (κ1) is 11.4. The van der Waals surface area contributed by atoms with E-state index >= 15 is 0 Å². The van der Waals surface area contributed by atoms with E-state index in [1.54, 1.807) is 7.11 Å². The average molecular weight is 221 g/mol. The average Bonchev–Trinajstić information content (AvgIpc) is 2.38. The maximum atomic E-state index is 5.11. The molecule has 4 heteroatoms. The van der Waals surface area contributed by atoms with Crippen LogP contribution in [0.5, 0.6) is 5.88 Å². The van der Waals surface area contributed by atoms with Gasteiger partial charge in [-0.1, -0.05) is 6.07 Å². The lowest BCUT2D eigenvalue weighted by Crippen LogP contribution is -2.44. The van der Waals surface area contributed by atoms with E-state index in [1.807, 2.05) is 12.1 Å². The summed E-state index contributed by atoms with van der Waals surface area (Å²) in [5.41, 5.74) is 1.11. The minimum Gasteiger partial charge on any atom is -0.481 e. The second-order valence-corrected chi connectivity index (χ2v) is 4.01. The molecule has 0 aliphatic carbocycles. The molecule has 0 radical (unpaired) electrons. The molecule has 1 fully saturated rings. The fourth-order valence-electron chi connectivity index (χ4n) is 1.92. The quantitative estimate of drug-likeness (QED) is 0.805. The van der Waals surface area contributed by atoms with E-state index in [2.05, 4.69) is 21.3 Å². The summed E-state index contributed by atoms with van der Waals surface area (Å²) in [5.74, 6) is 0.706. The van der Waals surface area contributed by atoms with E-state index in [-0.39, 0.29) is 0 Å². The van der Waals surface area contributed by atoms with Crippen LogP contribution < -0.4 is 10.1 Å². The lowest BCUT2D eigenvalue weighted by atomic mass is 10.2. The summed E-state index contributed by atoms with van der Waals surface area (Å²) in [6, 6.07) is 5.94. The van der Waals surface area contributed by atoms with Crippen LogP contribution in [0.25, 0.3) is 0 Å². The number of pyridine rings is 1. The van der Waals surface area contributed by atoms with Crippen LogP contribution in [-0.2, 0) is 6.42 Å². The highest BCUT2D eigenvalue weighted by Crippen LogP contribution is 2.07. The van der Waals surface area contributed by atoms with Gasteiger partial charge in [0.15, 0.2) is 0 Å². The van der Waals surface area contributed by atoms with Crippen molar-refractivity contribution in [3.8, 4) is 5.88 Å². The zero-order chi connectivity index (χ0) is 11.2. The number of nitrogens with one attached hydrogen (secondary N) is 1. The monoisotopic (exact) mass is 221 g/mol. The number of methoxy groups -OCH3 is 1. The van der Waals surface area contributed by atoms with Gasteiger partial charge >= 0.3 is 0 Å². The Morgan fingerprint density at radius 3 is 2.94 bits per heavy atom. The van der Waals surface area contributed by atoms with E-state index in [0.29, 0.717) is 5.88 Å². The molecule has 88 valence electrons. The van der Waals surface area contributed by atoms with Crippen molar-refractivity contribution in [3.63, 3.8) is 0 Å². The molecule has 0 atom stereocenters. The highest BCUT2D eigenvalue weighted by Gasteiger charge is 2.09. The van der Waals surface area contributed by atoms with Crippen molar-refractivity contribution in [3.05, 3.63) is 23.9 Å². The Labute approximate surface area is 96.6 Å². The summed E-state index contributed by atoms with van der Waals surface area (Å²) in [7, 11) is 1.66. The molecule has 1 saturated heterocycles. The minimum absolute atomic E-state index is 0.706. The lowest BCUT2D eigenvalue weighted by Gasteiger charge is -2.26. The molecule has 0 amide bonds. The van der Waals surface area contributed by atoms with Gasteiger partial charge in [-0.2, -0.15) is 0 Å². The predicted molar refractivity (Wildman–Crippen MR) is 63.8 cm³/mol. The number of hydrogen-bond acceptors (Lipinski definition) is 4. The number of piperazine rings is 1. The van der Waals surface area contributed by atoms with Crippen LogP contribution in [0, 0.1) is 0 Å². The molecular weight excluding hydrogens is 202 g/mol. The smallest absolute Gasteiger partial charge is 0.213 e. The standard InChI is InChI=1S/C12H19N3O/c1-16-12-4-2-3-11(14-12)5-8-15-9-6-13-7-10-15/h2-4,13H,5-10H2,1H3. The molecular formula is C12H19N3O. The molecule has 1 aromatic heterocycles. The molecule has 2 heterocycles. The second kappa shape index (κ2) is 5.82. The van der Waals surface area contributed by atoms with E-state index in [0.717, 1.165) is 44.8 Å². The molecule has 1 aliphatic rings. The van der Waals surface area contributed by atoms with Gasteiger partial charge in [0.25, 0.3) is 0 Å². The summed E-state index contributed by atoms with van der Waals surface area (Å²) in [4.78, 5) is 6.88. The lowest BCUT2D eigenvalue weighted by molar-refractivity contribution is 0.243. The fraction of sp³-hybridized carbons (Fsp3) is 0.583. The summed E-state index contributed by atoms with van der Waals surface area (Å²) < 4.78 is 5.11. The van der Waals surface area contributed by atoms with Gasteiger partial charge in [-0.15, -0.1) is 0 Å². The normalized spacial score (nSPS) is 17.3. The Balaban J connectivity index is 1.83. The van der Waals surface area contributed by atoms with Crippen molar-refractivity contribution in [1.82, 2.24) is 15.2 Å². The van der Waals surface area contributed by atoms with Gasteiger partial charge in [0.2, 0.25) is 5.88 Å². The van der Waals surface area contributed by atoms with Crippen LogP contribution in [-0.4, -0.2) is 49.7 Å². The number of hydrogen-bond donors (Lipinski definition) is 1. The van der Waals surface area contributed by atoms with Crippen molar-refractivity contribution >= 4 is 0 Å². The molecule has 0 spiro atoms. The third-order valence-corrected chi connectivity index (χ3v) is 2.88. The molecule has 2 rings (SSSR count). The molecule has 1 aliphatic heterocycles. The fourth-order valence-corrected chi connectivity index (χ4v) is 1.92. The third kappa shape index (κ3) is 3.18. The number of nitrogens with zero attached hydrogens (tertiary/aromatic N) is 2. The topological polar surface area (TPSA) is 37.4 Å². The van der Waals surface area contributed by atoms with Crippen LogP contribution >= 0.6 is 0 Å². The maximum Gasteiger partial charge on any atom is 0.213 e. The molecule has 4 nitrogen and oxygen atoms in total. The summed E-state index contributed by atoms with van der Waals surface area (Å²) in [5, 5.41) is 3.35. The van der Waals surface area contributed by atoms with E-state index in [1.165, 1.54) is 0 Å². The molecule has 1 N–H and O–H groups in total. The number of aromatic nitrogens is 1. The van der Waals surface area contributed by atoms with Crippen LogP contribution in [0.4, 0.5) is 0 Å². The summed E-state index contributed by atoms with van der Waals surface area (Å²) >= 11 is 0. The predicted octanol–water partition coefficient (Wildman–Crippen LogP) is 0.538. The van der Waals surface area contributed by atoms with Crippen molar-refractivity contribution < 1.29 is 4.74 Å². The highest BCUT2D eigenvalue weighted by molar-refractivity contribution is 5.15. The second-order valence-electron chi connectivity index (χ2n) is 4.01. The van der Waals surface area contributed by atoms with Gasteiger partial charge in [-0.3, -0.25) is 0 Å². The first-order chi connectivity index (χ1) is 7.88. The van der Waals surface area contributed by atoms with Crippen molar-refractivity contribution in [2.24, 2.45) is 0 Å². The van der Waals surface area contributed by atoms with Crippen molar-refractivity contribution in [2.45, 2.75) is 6.42 Å². The van der Waals surface area contributed by atoms with Crippen LogP contribution in [0.15, 0.2) is 18.2 Å². The van der Waals surface area contributed by atoms with Crippen LogP contribution in [0.2, 0.25) is 0 Å². The Morgan fingerprint density at radius 1 is 1.38 bits per heavy atom. The van der Waals surface area contributed by atoms with E-state index in [4.69, 9.17) is 4.74 Å². The van der Waals surface area contributed by atoms with Gasteiger partial charge in [0, 0.05) is 50.9 Å². The van der Waals surface area contributed by atoms with Gasteiger partial charge in [-0.25, -0.2) is 4.98 Å². The Bertz CT molecular complexity index is 324. The molecule has 16 heavy (non-hydrogen) atoms. The summed E-state index contributed by atoms with van der Waals surface area (Å²) in [6.07, 6.45) is 0.997. The Hall–Kier alpha value is -1.13. The molecule has 0 aromatic carbocycles. The first-order valence-electron chi connectivity index (χ1n) is 5.81. The molecule has 1 aromatic rings. The van der Waals surface area contributed by atoms with Gasteiger partial charge in [0.05, 0.1) is 7.11 Å². The zero-order valence-electron chi connectivity index (χ0n) is 9.78. The maximum absolute atomic E-state index is 5.11. The van der Waals surface area contributed by atoms with Gasteiger partial charge in [-0.05, 0) is 6.07 Å². The minimum atomic E-state index is 0.706. The van der Waals surface area contributed by atoms with Gasteiger partial charge < -0.3 is 15.0 Å². The number of ether oxygens (including phenoxy) is 1. The SMILES string of the molecule is COc1cccc(CCN2CCNCC2)n1. The number of rotatable bonds is 4.